The molecule has 0 saturated carbocycles. The van der Waals surface area contributed by atoms with Crippen LogP contribution < -0.4 is 9.64 Å². The van der Waals surface area contributed by atoms with Crippen LogP contribution in [0.25, 0.3) is 11.3 Å². The van der Waals surface area contributed by atoms with Gasteiger partial charge in [0, 0.05) is 87.6 Å². The molecule has 1 atom stereocenters. The number of benzene rings is 4. The van der Waals surface area contributed by atoms with Crippen LogP contribution in [-0.4, -0.2) is 94.8 Å². The Bertz CT molecular complexity index is 2340. The van der Waals surface area contributed by atoms with Crippen LogP contribution in [0.5, 0.6) is 11.5 Å². The Hall–Kier alpha value is -5.62. The molecule has 3 aliphatic heterocycles. The number of morpholine rings is 1. The molecule has 0 unspecified atom stereocenters. The van der Waals surface area contributed by atoms with E-state index in [-0.39, 0.29) is 30.2 Å². The lowest BCUT2D eigenvalue weighted by atomic mass is 9.89. The van der Waals surface area contributed by atoms with Crippen molar-refractivity contribution in [3.8, 4) is 22.8 Å². The van der Waals surface area contributed by atoms with Gasteiger partial charge in [-0.25, -0.2) is 4.79 Å². The number of para-hydroxylation sites is 1. The Morgan fingerprint density at radius 2 is 1.58 bits per heavy atom. The topological polar surface area (TPSA) is 108 Å². The third-order valence-electron chi connectivity index (χ3n) is 11.6. The van der Waals surface area contributed by atoms with E-state index in [2.05, 4.69) is 29.2 Å². The van der Waals surface area contributed by atoms with Crippen molar-refractivity contribution in [2.75, 3.05) is 51.3 Å². The van der Waals surface area contributed by atoms with Gasteiger partial charge in [0.05, 0.1) is 23.8 Å². The standard InChI is InChI=1S/C45H46ClN5O6/c1-29-37(43(53)48(3)34-12-14-36(52)15-13-34)25-41(47(29)2)38-23-31-16-17-50(45(55)57-42-11-7-6-10-40(42)46)26-33(31)24-39(38)44(54)51-27-32-9-5-4-8-30(32)22-35(51)28-49-18-20-56-21-19-49/h4-15,23-25,35,52H,16-22,26-28H2,1-3H3/t35-/m0/s1. The van der Waals surface area contributed by atoms with E-state index in [0.717, 1.165) is 59.7 Å². The van der Waals surface area contributed by atoms with Crippen molar-refractivity contribution in [1.29, 1.82) is 0 Å². The first-order valence-corrected chi connectivity index (χ1v) is 19.7. The first-order valence-electron chi connectivity index (χ1n) is 19.3. The number of ether oxygens (including phenoxy) is 2. The number of carbonyl (C=O) groups excluding carboxylic acids is 3. The maximum atomic E-state index is 15.4. The fraction of sp³-hybridized carbons (Fsp3) is 0.311. The number of phenols is 1. The number of amides is 3. The van der Waals surface area contributed by atoms with Gasteiger partial charge in [-0.15, -0.1) is 0 Å². The molecule has 0 bridgehead atoms. The van der Waals surface area contributed by atoms with E-state index in [1.807, 2.05) is 41.6 Å². The van der Waals surface area contributed by atoms with Crippen LogP contribution in [-0.2, 0) is 37.7 Å². The van der Waals surface area contributed by atoms with E-state index >= 15 is 4.79 Å². The maximum Gasteiger partial charge on any atom is 0.415 e. The van der Waals surface area contributed by atoms with Gasteiger partial charge in [-0.3, -0.25) is 14.5 Å². The number of halogens is 1. The summed E-state index contributed by atoms with van der Waals surface area (Å²) in [6, 6.07) is 27.5. The minimum Gasteiger partial charge on any atom is -0.508 e. The number of rotatable bonds is 7. The summed E-state index contributed by atoms with van der Waals surface area (Å²) >= 11 is 6.32. The number of hydrogen-bond donors (Lipinski definition) is 1. The van der Waals surface area contributed by atoms with Gasteiger partial charge in [0.25, 0.3) is 11.8 Å². The summed E-state index contributed by atoms with van der Waals surface area (Å²) in [4.78, 5) is 50.4. The predicted octanol–water partition coefficient (Wildman–Crippen LogP) is 7.09. The average molecular weight is 788 g/mol. The van der Waals surface area contributed by atoms with Crippen molar-refractivity contribution in [2.45, 2.75) is 38.9 Å². The Morgan fingerprint density at radius 1 is 0.860 bits per heavy atom. The van der Waals surface area contributed by atoms with Gasteiger partial charge in [-0.1, -0.05) is 48.0 Å². The van der Waals surface area contributed by atoms with Crippen molar-refractivity contribution in [1.82, 2.24) is 19.3 Å². The molecule has 294 valence electrons. The summed E-state index contributed by atoms with van der Waals surface area (Å²) < 4.78 is 13.3. The number of anilines is 1. The van der Waals surface area contributed by atoms with Gasteiger partial charge >= 0.3 is 6.09 Å². The highest BCUT2D eigenvalue weighted by molar-refractivity contribution is 6.32. The van der Waals surface area contributed by atoms with Gasteiger partial charge in [-0.05, 0) is 96.6 Å². The molecule has 4 heterocycles. The minimum absolute atomic E-state index is 0.0808. The molecule has 12 heteroatoms. The Morgan fingerprint density at radius 3 is 2.33 bits per heavy atom. The van der Waals surface area contributed by atoms with Crippen molar-refractivity contribution in [3.63, 3.8) is 0 Å². The highest BCUT2D eigenvalue weighted by Gasteiger charge is 2.35. The van der Waals surface area contributed by atoms with Crippen LogP contribution in [0.1, 0.15) is 48.7 Å². The van der Waals surface area contributed by atoms with Crippen LogP contribution in [0.2, 0.25) is 5.02 Å². The zero-order chi connectivity index (χ0) is 39.8. The van der Waals surface area contributed by atoms with Crippen LogP contribution in [0.3, 0.4) is 0 Å². The maximum absolute atomic E-state index is 15.4. The molecule has 0 radical (unpaired) electrons. The molecule has 1 fully saturated rings. The number of phenolic OH excluding ortho intramolecular Hbond substituents is 1. The van der Waals surface area contributed by atoms with E-state index in [0.29, 0.717) is 60.3 Å². The lowest BCUT2D eigenvalue weighted by molar-refractivity contribution is 0.0193. The van der Waals surface area contributed by atoms with Gasteiger partial charge in [-0.2, -0.15) is 0 Å². The van der Waals surface area contributed by atoms with E-state index in [9.17, 15) is 14.7 Å². The van der Waals surface area contributed by atoms with Crippen molar-refractivity contribution in [2.24, 2.45) is 7.05 Å². The number of fused-ring (bicyclic) bond motifs is 2. The summed E-state index contributed by atoms with van der Waals surface area (Å²) in [7, 11) is 3.63. The summed E-state index contributed by atoms with van der Waals surface area (Å²) in [5, 5.41) is 10.2. The quantitative estimate of drug-likeness (QED) is 0.188. The molecule has 1 saturated heterocycles. The first kappa shape index (κ1) is 38.3. The third kappa shape index (κ3) is 7.75. The molecule has 1 aromatic heterocycles. The number of aromatic nitrogens is 1. The number of carbonyl (C=O) groups is 3. The van der Waals surface area contributed by atoms with Crippen molar-refractivity contribution < 1.29 is 29.0 Å². The fourth-order valence-electron chi connectivity index (χ4n) is 8.21. The van der Waals surface area contributed by atoms with Crippen molar-refractivity contribution in [3.05, 3.63) is 135 Å². The third-order valence-corrected chi connectivity index (χ3v) is 12.0. The van der Waals surface area contributed by atoms with Gasteiger partial charge < -0.3 is 33.8 Å². The molecular formula is C45H46ClN5O6. The molecule has 3 aliphatic rings. The first-order chi connectivity index (χ1) is 27.5. The molecule has 0 aliphatic carbocycles. The zero-order valence-electron chi connectivity index (χ0n) is 32.4. The zero-order valence-corrected chi connectivity index (χ0v) is 33.2. The summed E-state index contributed by atoms with van der Waals surface area (Å²) in [5.41, 5.74) is 8.12. The highest BCUT2D eigenvalue weighted by atomic mass is 35.5. The van der Waals surface area contributed by atoms with E-state index in [4.69, 9.17) is 21.1 Å². The normalized spacial score (nSPS) is 16.8. The lowest BCUT2D eigenvalue weighted by Gasteiger charge is -2.41. The SMILES string of the molecule is Cc1c(C(=O)N(C)c2ccc(O)cc2)cc(-c2cc3c(cc2C(=O)N2Cc4ccccc4C[C@H]2CN2CCOCC2)CN(C(=O)Oc2ccccc2Cl)CC3)n1C. The molecule has 0 spiro atoms. The van der Waals surface area contributed by atoms with Gasteiger partial charge in [0.1, 0.15) is 5.75 Å². The second kappa shape index (κ2) is 16.1. The highest BCUT2D eigenvalue weighted by Crippen LogP contribution is 2.36. The summed E-state index contributed by atoms with van der Waals surface area (Å²) in [6.07, 6.45) is 0.763. The number of aromatic hydroxyl groups is 1. The molecular weight excluding hydrogens is 742 g/mol. The van der Waals surface area contributed by atoms with E-state index in [1.165, 1.54) is 5.56 Å². The van der Waals surface area contributed by atoms with Gasteiger partial charge in [0.15, 0.2) is 5.75 Å². The van der Waals surface area contributed by atoms with Crippen LogP contribution in [0.4, 0.5) is 10.5 Å². The smallest absolute Gasteiger partial charge is 0.415 e. The molecule has 5 aromatic rings. The second-order valence-corrected chi connectivity index (χ2v) is 15.5. The fourth-order valence-corrected chi connectivity index (χ4v) is 8.39. The summed E-state index contributed by atoms with van der Waals surface area (Å²) in [5.74, 6) is 0.0896. The van der Waals surface area contributed by atoms with Crippen molar-refractivity contribution >= 4 is 35.2 Å². The molecule has 57 heavy (non-hydrogen) atoms. The Labute approximate surface area is 337 Å². The molecule has 4 aromatic carbocycles. The van der Waals surface area contributed by atoms with Crippen LogP contribution in [0.15, 0.2) is 91.0 Å². The van der Waals surface area contributed by atoms with E-state index in [1.54, 1.807) is 65.4 Å². The molecule has 3 amide bonds. The molecule has 8 rings (SSSR count). The van der Waals surface area contributed by atoms with E-state index < -0.39 is 6.09 Å². The van der Waals surface area contributed by atoms with Crippen LogP contribution >= 0.6 is 11.6 Å². The second-order valence-electron chi connectivity index (χ2n) is 15.1. The van der Waals surface area contributed by atoms with Gasteiger partial charge in [0.2, 0.25) is 0 Å². The predicted molar refractivity (Wildman–Crippen MR) is 219 cm³/mol. The molecule has 11 nitrogen and oxygen atoms in total. The molecule has 1 N–H and O–H groups in total. The number of hydrogen-bond acceptors (Lipinski definition) is 7. The number of nitrogens with zero attached hydrogens (tertiary/aromatic N) is 5. The lowest BCUT2D eigenvalue weighted by Crippen LogP contribution is -2.52. The summed E-state index contributed by atoms with van der Waals surface area (Å²) in [6.45, 7) is 6.71. The Balaban J connectivity index is 1.19. The average Bonchev–Trinajstić information content (AvgIpc) is 3.53. The monoisotopic (exact) mass is 787 g/mol. The largest absolute Gasteiger partial charge is 0.508 e. The minimum atomic E-state index is -0.511. The Kier molecular flexibility index (Phi) is 10.8. The van der Waals surface area contributed by atoms with Crippen LogP contribution in [0, 0.1) is 6.92 Å².